The highest BCUT2D eigenvalue weighted by molar-refractivity contribution is 7.92. The van der Waals surface area contributed by atoms with Gasteiger partial charge in [-0.3, -0.25) is 4.72 Å². The normalized spacial score (nSPS) is 11.7. The van der Waals surface area contributed by atoms with E-state index < -0.39 is 19.9 Å². The van der Waals surface area contributed by atoms with Crippen molar-refractivity contribution >= 4 is 25.5 Å². The van der Waals surface area contributed by atoms with Crippen LogP contribution in [0.15, 0.2) is 101 Å². The lowest BCUT2D eigenvalue weighted by molar-refractivity contribution is 0.482. The summed E-state index contributed by atoms with van der Waals surface area (Å²) in [5, 5.41) is 7.53. The second-order valence-electron chi connectivity index (χ2n) is 7.10. The largest absolute Gasteiger partial charge is 0.457 e. The molecule has 0 radical (unpaired) electrons. The molecule has 0 saturated heterocycles. The van der Waals surface area contributed by atoms with Gasteiger partial charge in [0, 0.05) is 17.5 Å². The lowest BCUT2D eigenvalue weighted by Crippen LogP contribution is -2.12. The minimum absolute atomic E-state index is 0.0746. The topological polar surface area (TPSA) is 115 Å². The average molecular weight is 482 g/mol. The fourth-order valence-corrected chi connectivity index (χ4v) is 4.49. The first kappa shape index (κ1) is 22.4. The van der Waals surface area contributed by atoms with Gasteiger partial charge in [0.15, 0.2) is 14.9 Å². The summed E-state index contributed by atoms with van der Waals surface area (Å²) in [7, 11) is -7.31. The van der Waals surface area contributed by atoms with E-state index in [-0.39, 0.29) is 9.92 Å². The Bertz CT molecular complexity index is 1470. The third kappa shape index (κ3) is 5.54. The fraction of sp³-hybridized carbons (Fsp3) is 0.0435. The SMILES string of the molecule is CS(=O)(=O)c1ccc(-c2cccc(NS(=O)(=O)c3ccc(Oc4ccccc4)cc3)c2)nn1. The Hall–Kier alpha value is -3.76. The number of sulfone groups is 1. The van der Waals surface area contributed by atoms with Gasteiger partial charge in [-0.25, -0.2) is 16.8 Å². The molecule has 0 aliphatic heterocycles. The molecule has 8 nitrogen and oxygen atoms in total. The Labute approximate surface area is 191 Å². The average Bonchev–Trinajstić information content (AvgIpc) is 2.80. The van der Waals surface area contributed by atoms with Crippen molar-refractivity contribution < 1.29 is 21.6 Å². The summed E-state index contributed by atoms with van der Waals surface area (Å²) in [5.74, 6) is 1.16. The molecule has 1 N–H and O–H groups in total. The van der Waals surface area contributed by atoms with Crippen molar-refractivity contribution in [2.24, 2.45) is 0 Å². The number of ether oxygens (including phenoxy) is 1. The zero-order valence-electron chi connectivity index (χ0n) is 17.4. The van der Waals surface area contributed by atoms with E-state index in [2.05, 4.69) is 14.9 Å². The Morgan fingerprint density at radius 1 is 0.727 bits per heavy atom. The van der Waals surface area contributed by atoms with Gasteiger partial charge in [0.25, 0.3) is 10.0 Å². The summed E-state index contributed by atoms with van der Waals surface area (Å²) in [6.07, 6.45) is 1.05. The molecule has 33 heavy (non-hydrogen) atoms. The van der Waals surface area contributed by atoms with Crippen LogP contribution in [0.5, 0.6) is 11.5 Å². The number of hydrogen-bond donors (Lipinski definition) is 1. The van der Waals surface area contributed by atoms with Gasteiger partial charge < -0.3 is 4.74 Å². The maximum atomic E-state index is 12.8. The molecule has 0 amide bonds. The predicted molar refractivity (Wildman–Crippen MR) is 124 cm³/mol. The second kappa shape index (κ2) is 9.00. The first-order valence-electron chi connectivity index (χ1n) is 9.71. The quantitative estimate of drug-likeness (QED) is 0.422. The van der Waals surface area contributed by atoms with Gasteiger partial charge in [0.2, 0.25) is 0 Å². The summed E-state index contributed by atoms with van der Waals surface area (Å²) in [4.78, 5) is 0.0746. The molecule has 168 valence electrons. The van der Waals surface area contributed by atoms with Crippen LogP contribution in [0.1, 0.15) is 0 Å². The maximum Gasteiger partial charge on any atom is 0.261 e. The fourth-order valence-electron chi connectivity index (χ4n) is 2.94. The summed E-state index contributed by atoms with van der Waals surface area (Å²) < 4.78 is 57.0. The van der Waals surface area contributed by atoms with E-state index in [0.717, 1.165) is 6.26 Å². The van der Waals surface area contributed by atoms with Crippen molar-refractivity contribution in [3.63, 3.8) is 0 Å². The van der Waals surface area contributed by atoms with E-state index in [0.29, 0.717) is 28.4 Å². The van der Waals surface area contributed by atoms with E-state index in [1.165, 1.54) is 24.3 Å². The van der Waals surface area contributed by atoms with Crippen LogP contribution in [0, 0.1) is 0 Å². The number of anilines is 1. The Morgan fingerprint density at radius 2 is 1.42 bits per heavy atom. The molecule has 10 heteroatoms. The summed E-state index contributed by atoms with van der Waals surface area (Å²) in [6.45, 7) is 0. The van der Waals surface area contributed by atoms with Crippen molar-refractivity contribution in [1.29, 1.82) is 0 Å². The molecule has 0 aliphatic carbocycles. The van der Waals surface area contributed by atoms with Crippen LogP contribution < -0.4 is 9.46 Å². The van der Waals surface area contributed by atoms with Crippen LogP contribution in [-0.2, 0) is 19.9 Å². The molecule has 3 aromatic carbocycles. The van der Waals surface area contributed by atoms with Crippen LogP contribution in [0.2, 0.25) is 0 Å². The van der Waals surface area contributed by atoms with Crippen LogP contribution in [0.25, 0.3) is 11.3 Å². The molecule has 0 atom stereocenters. The summed E-state index contributed by atoms with van der Waals surface area (Å²) in [6, 6.07) is 24.7. The lowest BCUT2D eigenvalue weighted by atomic mass is 10.1. The van der Waals surface area contributed by atoms with Crippen LogP contribution in [0.3, 0.4) is 0 Å². The number of benzene rings is 3. The Morgan fingerprint density at radius 3 is 2.06 bits per heavy atom. The lowest BCUT2D eigenvalue weighted by Gasteiger charge is -2.11. The van der Waals surface area contributed by atoms with E-state index in [1.807, 2.05) is 18.2 Å². The van der Waals surface area contributed by atoms with Gasteiger partial charge in [0.1, 0.15) is 11.5 Å². The van der Waals surface area contributed by atoms with Gasteiger partial charge in [-0.05, 0) is 60.7 Å². The number of para-hydroxylation sites is 1. The zero-order valence-corrected chi connectivity index (χ0v) is 19.0. The van der Waals surface area contributed by atoms with E-state index >= 15 is 0 Å². The Balaban J connectivity index is 1.51. The molecular weight excluding hydrogens is 462 g/mol. The highest BCUT2D eigenvalue weighted by Crippen LogP contribution is 2.25. The second-order valence-corrected chi connectivity index (χ2v) is 10.7. The van der Waals surface area contributed by atoms with Crippen LogP contribution in [-0.4, -0.2) is 33.3 Å². The molecule has 0 aliphatic rings. The molecule has 0 fully saturated rings. The molecule has 0 saturated carbocycles. The Kier molecular flexibility index (Phi) is 6.12. The molecule has 1 heterocycles. The third-order valence-corrected chi connectivity index (χ3v) is 6.92. The van der Waals surface area contributed by atoms with E-state index in [4.69, 9.17) is 4.74 Å². The van der Waals surface area contributed by atoms with Crippen molar-refractivity contribution in [1.82, 2.24) is 10.2 Å². The van der Waals surface area contributed by atoms with Gasteiger partial charge >= 0.3 is 0 Å². The summed E-state index contributed by atoms with van der Waals surface area (Å²) >= 11 is 0. The van der Waals surface area contributed by atoms with Crippen molar-refractivity contribution in [3.8, 4) is 22.8 Å². The highest BCUT2D eigenvalue weighted by atomic mass is 32.2. The van der Waals surface area contributed by atoms with Gasteiger partial charge in [0.05, 0.1) is 10.6 Å². The molecule has 0 unspecified atom stereocenters. The van der Waals surface area contributed by atoms with Gasteiger partial charge in [-0.2, -0.15) is 0 Å². The first-order valence-corrected chi connectivity index (χ1v) is 13.1. The van der Waals surface area contributed by atoms with Crippen molar-refractivity contribution in [3.05, 3.63) is 91.0 Å². The molecule has 1 aromatic heterocycles. The van der Waals surface area contributed by atoms with Crippen molar-refractivity contribution in [2.45, 2.75) is 9.92 Å². The van der Waals surface area contributed by atoms with E-state index in [1.54, 1.807) is 48.5 Å². The minimum Gasteiger partial charge on any atom is -0.457 e. The van der Waals surface area contributed by atoms with Crippen LogP contribution >= 0.6 is 0 Å². The number of aromatic nitrogens is 2. The standard InChI is InChI=1S/C23H19N3O5S2/c1-32(27,28)23-15-14-22(24-25-23)17-6-5-7-18(16-17)26-33(29,30)21-12-10-20(11-13-21)31-19-8-3-2-4-9-19/h2-16,26H,1H3. The third-order valence-electron chi connectivity index (χ3n) is 4.54. The molecule has 0 spiro atoms. The zero-order chi connectivity index (χ0) is 23.5. The van der Waals surface area contributed by atoms with Gasteiger partial charge in [-0.1, -0.05) is 30.3 Å². The maximum absolute atomic E-state index is 12.8. The van der Waals surface area contributed by atoms with Gasteiger partial charge in [-0.15, -0.1) is 10.2 Å². The molecular formula is C23H19N3O5S2. The molecule has 4 rings (SSSR count). The van der Waals surface area contributed by atoms with E-state index in [9.17, 15) is 16.8 Å². The minimum atomic E-state index is -3.85. The monoisotopic (exact) mass is 481 g/mol. The molecule has 0 bridgehead atoms. The number of sulfonamides is 1. The highest BCUT2D eigenvalue weighted by Gasteiger charge is 2.15. The van der Waals surface area contributed by atoms with Crippen LogP contribution in [0.4, 0.5) is 5.69 Å². The first-order chi connectivity index (χ1) is 15.7. The van der Waals surface area contributed by atoms with Crippen molar-refractivity contribution in [2.75, 3.05) is 11.0 Å². The molecule has 4 aromatic rings. The number of hydrogen-bond acceptors (Lipinski definition) is 7. The number of rotatable bonds is 7. The number of nitrogens with zero attached hydrogens (tertiary/aromatic N) is 2. The predicted octanol–water partition coefficient (Wildman–Crippen LogP) is 4.14. The summed E-state index contributed by atoms with van der Waals surface area (Å²) in [5.41, 5.74) is 1.31. The smallest absolute Gasteiger partial charge is 0.261 e. The number of nitrogens with one attached hydrogen (secondary N) is 1.